The summed E-state index contributed by atoms with van der Waals surface area (Å²) < 4.78 is 0. The SMILES string of the molecule is CC(C)c1sc(NC(=O)[C@@H](N)C(C)C)nc1-c1ccccc1. The summed E-state index contributed by atoms with van der Waals surface area (Å²) in [4.78, 5) is 17.9. The molecule has 2 rings (SSSR count). The molecule has 1 aromatic carbocycles. The lowest BCUT2D eigenvalue weighted by Gasteiger charge is -2.13. The van der Waals surface area contributed by atoms with Gasteiger partial charge in [-0.25, -0.2) is 4.98 Å². The summed E-state index contributed by atoms with van der Waals surface area (Å²) in [5.41, 5.74) is 7.89. The second-order valence-corrected chi connectivity index (χ2v) is 7.04. The molecular weight excluding hydrogens is 294 g/mol. The number of carbonyl (C=O) groups is 1. The predicted octanol–water partition coefficient (Wildman–Crippen LogP) is 3.86. The summed E-state index contributed by atoms with van der Waals surface area (Å²) in [6.07, 6.45) is 0. The van der Waals surface area contributed by atoms with Crippen LogP contribution in [0.4, 0.5) is 5.13 Å². The Morgan fingerprint density at radius 1 is 1.18 bits per heavy atom. The number of nitrogens with zero attached hydrogens (tertiary/aromatic N) is 1. The van der Waals surface area contributed by atoms with Crippen LogP contribution in [-0.4, -0.2) is 16.9 Å². The zero-order valence-electron chi connectivity index (χ0n) is 13.5. The van der Waals surface area contributed by atoms with E-state index in [1.165, 1.54) is 16.2 Å². The first-order chi connectivity index (χ1) is 10.4. The van der Waals surface area contributed by atoms with Gasteiger partial charge in [0.15, 0.2) is 5.13 Å². The average molecular weight is 317 g/mol. The van der Waals surface area contributed by atoms with Gasteiger partial charge in [-0.05, 0) is 11.8 Å². The molecule has 0 saturated carbocycles. The lowest BCUT2D eigenvalue weighted by molar-refractivity contribution is -0.118. The molecule has 4 nitrogen and oxygen atoms in total. The lowest BCUT2D eigenvalue weighted by Crippen LogP contribution is -2.39. The van der Waals surface area contributed by atoms with Crippen LogP contribution >= 0.6 is 11.3 Å². The van der Waals surface area contributed by atoms with Crippen molar-refractivity contribution in [2.75, 3.05) is 5.32 Å². The van der Waals surface area contributed by atoms with E-state index in [0.29, 0.717) is 11.0 Å². The molecule has 0 spiro atoms. The fraction of sp³-hybridized carbons (Fsp3) is 0.412. The highest BCUT2D eigenvalue weighted by Crippen LogP contribution is 2.36. The van der Waals surface area contributed by atoms with Crippen molar-refractivity contribution in [3.63, 3.8) is 0 Å². The van der Waals surface area contributed by atoms with Crippen LogP contribution in [0.5, 0.6) is 0 Å². The first kappa shape index (κ1) is 16.6. The molecule has 1 amide bonds. The molecule has 0 radical (unpaired) electrons. The number of thiazole rings is 1. The van der Waals surface area contributed by atoms with Gasteiger partial charge in [-0.2, -0.15) is 0 Å². The van der Waals surface area contributed by atoms with Crippen molar-refractivity contribution in [1.29, 1.82) is 0 Å². The molecule has 0 bridgehead atoms. The molecule has 0 aliphatic heterocycles. The molecule has 5 heteroatoms. The number of nitrogens with two attached hydrogens (primary N) is 1. The Bertz CT molecular complexity index is 635. The maximum Gasteiger partial charge on any atom is 0.243 e. The number of anilines is 1. The van der Waals surface area contributed by atoms with E-state index in [4.69, 9.17) is 5.73 Å². The van der Waals surface area contributed by atoms with Crippen molar-refractivity contribution in [2.24, 2.45) is 11.7 Å². The number of rotatable bonds is 5. The number of benzene rings is 1. The minimum absolute atomic E-state index is 0.0955. The molecule has 22 heavy (non-hydrogen) atoms. The Balaban J connectivity index is 2.30. The molecule has 0 fully saturated rings. The molecule has 118 valence electrons. The third-order valence-electron chi connectivity index (χ3n) is 3.48. The van der Waals surface area contributed by atoms with E-state index in [-0.39, 0.29) is 11.8 Å². The molecule has 0 aliphatic carbocycles. The zero-order valence-corrected chi connectivity index (χ0v) is 14.3. The van der Waals surface area contributed by atoms with Gasteiger partial charge in [-0.1, -0.05) is 58.0 Å². The van der Waals surface area contributed by atoms with Gasteiger partial charge >= 0.3 is 0 Å². The van der Waals surface area contributed by atoms with E-state index in [2.05, 4.69) is 24.1 Å². The van der Waals surface area contributed by atoms with Crippen LogP contribution in [0, 0.1) is 5.92 Å². The summed E-state index contributed by atoms with van der Waals surface area (Å²) >= 11 is 1.52. The van der Waals surface area contributed by atoms with Crippen LogP contribution in [-0.2, 0) is 4.79 Å². The van der Waals surface area contributed by atoms with Crippen molar-refractivity contribution >= 4 is 22.4 Å². The van der Waals surface area contributed by atoms with Gasteiger partial charge in [0.1, 0.15) is 0 Å². The van der Waals surface area contributed by atoms with E-state index >= 15 is 0 Å². The van der Waals surface area contributed by atoms with E-state index in [0.717, 1.165) is 11.3 Å². The molecule has 0 saturated heterocycles. The fourth-order valence-corrected chi connectivity index (χ4v) is 3.06. The van der Waals surface area contributed by atoms with E-state index in [1.54, 1.807) is 0 Å². The number of hydrogen-bond donors (Lipinski definition) is 2. The Kier molecular flexibility index (Phi) is 5.32. The second-order valence-electron chi connectivity index (χ2n) is 6.01. The van der Waals surface area contributed by atoms with Crippen molar-refractivity contribution in [2.45, 2.75) is 39.7 Å². The van der Waals surface area contributed by atoms with Crippen LogP contribution in [0.15, 0.2) is 30.3 Å². The normalized spacial score (nSPS) is 12.7. The summed E-state index contributed by atoms with van der Waals surface area (Å²) in [6.45, 7) is 8.12. The minimum atomic E-state index is -0.522. The highest BCUT2D eigenvalue weighted by atomic mass is 32.1. The van der Waals surface area contributed by atoms with E-state index in [1.807, 2.05) is 44.2 Å². The lowest BCUT2D eigenvalue weighted by atomic mass is 10.1. The minimum Gasteiger partial charge on any atom is -0.320 e. The Hall–Kier alpha value is -1.72. The Morgan fingerprint density at radius 3 is 2.36 bits per heavy atom. The summed E-state index contributed by atoms with van der Waals surface area (Å²) in [6, 6.07) is 9.51. The van der Waals surface area contributed by atoms with Crippen molar-refractivity contribution in [3.8, 4) is 11.3 Å². The number of hydrogen-bond acceptors (Lipinski definition) is 4. The maximum atomic E-state index is 12.1. The van der Waals surface area contributed by atoms with Crippen LogP contribution < -0.4 is 11.1 Å². The summed E-state index contributed by atoms with van der Waals surface area (Å²) in [7, 11) is 0. The monoisotopic (exact) mass is 317 g/mol. The third kappa shape index (κ3) is 3.72. The standard InChI is InChI=1S/C17H23N3OS/c1-10(2)13(18)16(21)20-17-19-14(15(22-17)11(3)4)12-8-6-5-7-9-12/h5-11,13H,18H2,1-4H3,(H,19,20,21)/t13-/m0/s1. The third-order valence-corrected chi connectivity index (χ3v) is 4.75. The number of carbonyl (C=O) groups excluding carboxylic acids is 1. The first-order valence-corrected chi connectivity index (χ1v) is 8.34. The van der Waals surface area contributed by atoms with Gasteiger partial charge in [0.25, 0.3) is 0 Å². The van der Waals surface area contributed by atoms with Gasteiger partial charge in [-0.3, -0.25) is 4.79 Å². The molecule has 0 unspecified atom stereocenters. The highest BCUT2D eigenvalue weighted by Gasteiger charge is 2.21. The van der Waals surface area contributed by atoms with Crippen molar-refractivity contribution < 1.29 is 4.79 Å². The van der Waals surface area contributed by atoms with Crippen LogP contribution in [0.1, 0.15) is 38.5 Å². The topological polar surface area (TPSA) is 68.0 Å². The molecule has 2 aromatic rings. The van der Waals surface area contributed by atoms with Gasteiger partial charge in [-0.15, -0.1) is 11.3 Å². The number of aromatic nitrogens is 1. The van der Waals surface area contributed by atoms with Crippen LogP contribution in [0.2, 0.25) is 0 Å². The molecular formula is C17H23N3OS. The first-order valence-electron chi connectivity index (χ1n) is 7.52. The molecule has 3 N–H and O–H groups in total. The second kappa shape index (κ2) is 7.03. The largest absolute Gasteiger partial charge is 0.320 e. The quantitative estimate of drug-likeness (QED) is 0.880. The van der Waals surface area contributed by atoms with Gasteiger partial charge in [0.05, 0.1) is 11.7 Å². The maximum absolute atomic E-state index is 12.1. The molecule has 1 heterocycles. The highest BCUT2D eigenvalue weighted by molar-refractivity contribution is 7.16. The van der Waals surface area contributed by atoms with E-state index in [9.17, 15) is 4.79 Å². The molecule has 0 aliphatic rings. The average Bonchev–Trinajstić information content (AvgIpc) is 2.91. The summed E-state index contributed by atoms with van der Waals surface area (Å²) in [5, 5.41) is 3.47. The van der Waals surface area contributed by atoms with E-state index < -0.39 is 6.04 Å². The molecule has 1 atom stereocenters. The Labute approximate surface area is 135 Å². The number of nitrogens with one attached hydrogen (secondary N) is 1. The van der Waals surface area contributed by atoms with Gasteiger partial charge < -0.3 is 11.1 Å². The summed E-state index contributed by atoms with van der Waals surface area (Å²) in [5.74, 6) is 0.258. The van der Waals surface area contributed by atoms with Gasteiger partial charge in [0, 0.05) is 10.4 Å². The fourth-order valence-electron chi connectivity index (χ4n) is 2.07. The zero-order chi connectivity index (χ0) is 16.3. The smallest absolute Gasteiger partial charge is 0.243 e. The van der Waals surface area contributed by atoms with Gasteiger partial charge in [0.2, 0.25) is 5.91 Å². The number of amides is 1. The van der Waals surface area contributed by atoms with Crippen molar-refractivity contribution in [3.05, 3.63) is 35.2 Å². The Morgan fingerprint density at radius 2 is 1.82 bits per heavy atom. The molecule has 1 aromatic heterocycles. The van der Waals surface area contributed by atoms with Crippen LogP contribution in [0.3, 0.4) is 0 Å². The van der Waals surface area contributed by atoms with Crippen molar-refractivity contribution in [1.82, 2.24) is 4.98 Å². The predicted molar refractivity (Wildman–Crippen MR) is 93.1 cm³/mol. The van der Waals surface area contributed by atoms with Crippen LogP contribution in [0.25, 0.3) is 11.3 Å².